The molecule has 2 aliphatic heterocycles. The van der Waals surface area contributed by atoms with Gasteiger partial charge in [-0.2, -0.15) is 4.99 Å². The van der Waals surface area contributed by atoms with Crippen LogP contribution in [0.15, 0.2) is 46.6 Å². The predicted octanol–water partition coefficient (Wildman–Crippen LogP) is 4.17. The highest BCUT2D eigenvalue weighted by Gasteiger charge is 2.58. The van der Waals surface area contributed by atoms with Crippen molar-refractivity contribution in [3.8, 4) is 11.1 Å². The Hall–Kier alpha value is -2.44. The molecule has 0 amide bonds. The summed E-state index contributed by atoms with van der Waals surface area (Å²) in [5.74, 6) is 0.223. The number of ether oxygens (including phenoxy) is 2. The van der Waals surface area contributed by atoms with Gasteiger partial charge < -0.3 is 14.4 Å². The third-order valence-electron chi connectivity index (χ3n) is 6.84. The summed E-state index contributed by atoms with van der Waals surface area (Å²) in [4.78, 5) is 15.7. The van der Waals surface area contributed by atoms with Gasteiger partial charge in [-0.15, -0.1) is 0 Å². The molecule has 1 aliphatic carbocycles. The number of hydrogen-bond acceptors (Lipinski definition) is 5. The summed E-state index contributed by atoms with van der Waals surface area (Å²) in [5.41, 5.74) is 4.20. The number of pyridine rings is 1. The highest BCUT2D eigenvalue weighted by molar-refractivity contribution is 6.30. The Balaban J connectivity index is 1.66. The van der Waals surface area contributed by atoms with E-state index in [2.05, 4.69) is 35.1 Å². The molecule has 1 aromatic carbocycles. The summed E-state index contributed by atoms with van der Waals surface area (Å²) in [6, 6.07) is 9.02. The molecule has 2 unspecified atom stereocenters. The monoisotopic (exact) mass is 438 g/mol. The van der Waals surface area contributed by atoms with Crippen molar-refractivity contribution in [1.82, 2.24) is 9.88 Å². The van der Waals surface area contributed by atoms with Crippen LogP contribution >= 0.6 is 11.6 Å². The van der Waals surface area contributed by atoms with Crippen LogP contribution in [0, 0.1) is 11.3 Å². The normalized spacial score (nSPS) is 29.4. The lowest BCUT2D eigenvalue weighted by molar-refractivity contribution is -0.0791. The molecule has 6 nitrogen and oxygen atoms in total. The largest absolute Gasteiger partial charge is 0.461 e. The molecule has 5 rings (SSSR count). The maximum absolute atomic E-state index is 6.21. The molecule has 0 radical (unpaired) electrons. The van der Waals surface area contributed by atoms with Crippen LogP contribution in [-0.2, 0) is 21.4 Å². The molecule has 1 saturated heterocycles. The molecule has 2 aromatic rings. The predicted molar refractivity (Wildman–Crippen MR) is 123 cm³/mol. The highest BCUT2D eigenvalue weighted by atomic mass is 35.5. The minimum atomic E-state index is -0.510. The molecule has 0 saturated carbocycles. The SMILES string of the molecule is CN(C)C=NC1=NC2(CO1)c1cc(-c3cncc(Cl)c3)ccc1C[C@]1(C)CCOCC21. The summed E-state index contributed by atoms with van der Waals surface area (Å²) in [6.07, 6.45) is 7.26. The number of aromatic nitrogens is 1. The molecule has 1 aromatic heterocycles. The van der Waals surface area contributed by atoms with Gasteiger partial charge >= 0.3 is 6.02 Å². The average Bonchev–Trinajstić information content (AvgIpc) is 3.17. The quantitative estimate of drug-likeness (QED) is 0.521. The molecule has 3 heterocycles. The van der Waals surface area contributed by atoms with E-state index in [0.29, 0.717) is 24.3 Å². The number of benzene rings is 1. The van der Waals surface area contributed by atoms with Gasteiger partial charge in [-0.3, -0.25) is 4.98 Å². The zero-order chi connectivity index (χ0) is 21.6. The number of fused-ring (bicyclic) bond motifs is 4. The molecule has 1 spiro atoms. The first-order valence-electron chi connectivity index (χ1n) is 10.6. The number of halogens is 1. The Bertz CT molecular complexity index is 1070. The van der Waals surface area contributed by atoms with E-state index in [1.165, 1.54) is 11.1 Å². The van der Waals surface area contributed by atoms with Gasteiger partial charge in [-0.1, -0.05) is 30.7 Å². The first kappa shape index (κ1) is 20.5. The second-order valence-electron chi connectivity index (χ2n) is 9.29. The second kappa shape index (κ2) is 7.61. The van der Waals surface area contributed by atoms with E-state index in [4.69, 9.17) is 26.1 Å². The van der Waals surface area contributed by atoms with Gasteiger partial charge in [0.25, 0.3) is 0 Å². The van der Waals surface area contributed by atoms with Gasteiger partial charge in [0, 0.05) is 44.6 Å². The molecule has 3 aliphatic rings. The Morgan fingerprint density at radius 2 is 2.10 bits per heavy atom. The van der Waals surface area contributed by atoms with Crippen molar-refractivity contribution >= 4 is 24.0 Å². The number of amidine groups is 1. The van der Waals surface area contributed by atoms with Crippen molar-refractivity contribution in [3.05, 3.63) is 52.8 Å². The molecule has 162 valence electrons. The lowest BCUT2D eigenvalue weighted by atomic mass is 9.55. The van der Waals surface area contributed by atoms with Gasteiger partial charge in [0.1, 0.15) is 12.1 Å². The van der Waals surface area contributed by atoms with E-state index in [-0.39, 0.29) is 11.3 Å². The third kappa shape index (κ3) is 3.52. The number of nitrogens with zero attached hydrogens (tertiary/aromatic N) is 4. The first-order chi connectivity index (χ1) is 14.9. The van der Waals surface area contributed by atoms with E-state index < -0.39 is 5.54 Å². The zero-order valence-corrected chi connectivity index (χ0v) is 18.9. The Labute approximate surface area is 188 Å². The lowest BCUT2D eigenvalue weighted by Crippen LogP contribution is -2.54. The number of aliphatic imine (C=N–C) groups is 2. The summed E-state index contributed by atoms with van der Waals surface area (Å²) in [7, 11) is 3.87. The number of hydrogen-bond donors (Lipinski definition) is 0. The summed E-state index contributed by atoms with van der Waals surface area (Å²) in [5, 5.41) is 0.626. The third-order valence-corrected chi connectivity index (χ3v) is 7.05. The fraction of sp³-hybridized carbons (Fsp3) is 0.458. The van der Waals surface area contributed by atoms with Crippen LogP contribution in [0.25, 0.3) is 11.1 Å². The minimum Gasteiger partial charge on any atom is -0.461 e. The molecular weight excluding hydrogens is 412 g/mol. The van der Waals surface area contributed by atoms with Crippen molar-refractivity contribution < 1.29 is 9.47 Å². The molecule has 3 atom stereocenters. The molecular formula is C24H27ClN4O2. The van der Waals surface area contributed by atoms with Gasteiger partial charge in [-0.25, -0.2) is 4.99 Å². The molecule has 1 fully saturated rings. The average molecular weight is 439 g/mol. The van der Waals surface area contributed by atoms with Crippen molar-refractivity contribution in [2.24, 2.45) is 21.3 Å². The van der Waals surface area contributed by atoms with E-state index in [1.807, 2.05) is 31.3 Å². The summed E-state index contributed by atoms with van der Waals surface area (Å²) < 4.78 is 12.0. The van der Waals surface area contributed by atoms with Crippen LogP contribution in [0.2, 0.25) is 5.02 Å². The van der Waals surface area contributed by atoms with Gasteiger partial charge in [0.15, 0.2) is 0 Å². The van der Waals surface area contributed by atoms with E-state index in [1.54, 1.807) is 12.5 Å². The molecule has 0 N–H and O–H groups in total. The van der Waals surface area contributed by atoms with E-state index in [0.717, 1.165) is 30.6 Å². The van der Waals surface area contributed by atoms with Crippen LogP contribution in [-0.4, -0.2) is 56.2 Å². The van der Waals surface area contributed by atoms with Crippen LogP contribution in [0.5, 0.6) is 0 Å². The smallest absolute Gasteiger partial charge is 0.314 e. The second-order valence-corrected chi connectivity index (χ2v) is 9.72. The van der Waals surface area contributed by atoms with Crippen LogP contribution in [0.3, 0.4) is 0 Å². The van der Waals surface area contributed by atoms with E-state index in [9.17, 15) is 0 Å². The van der Waals surface area contributed by atoms with Gasteiger partial charge in [-0.05, 0) is 47.1 Å². The lowest BCUT2D eigenvalue weighted by Gasteiger charge is -2.52. The standard InChI is InChI=1S/C24H27ClN4O2/c1-23-6-7-30-13-21(23)24(14-31-22(28-24)27-15-29(2)3)20-9-16(4-5-17(20)10-23)18-8-19(25)12-26-11-18/h4-5,8-9,11-12,15,21H,6-7,10,13-14H2,1-3H3/t21?,23-,24?/m0/s1. The molecule has 0 bridgehead atoms. The topological polar surface area (TPSA) is 59.3 Å². The highest BCUT2D eigenvalue weighted by Crippen LogP contribution is 2.56. The summed E-state index contributed by atoms with van der Waals surface area (Å²) >= 11 is 6.21. The van der Waals surface area contributed by atoms with Crippen molar-refractivity contribution in [3.63, 3.8) is 0 Å². The van der Waals surface area contributed by atoms with Crippen molar-refractivity contribution in [2.45, 2.75) is 25.3 Å². The fourth-order valence-corrected chi connectivity index (χ4v) is 5.44. The van der Waals surface area contributed by atoms with Crippen LogP contribution in [0.1, 0.15) is 24.5 Å². The van der Waals surface area contributed by atoms with Crippen molar-refractivity contribution in [2.75, 3.05) is 33.9 Å². The van der Waals surface area contributed by atoms with Gasteiger partial charge in [0.2, 0.25) is 0 Å². The number of rotatable bonds is 2. The first-order valence-corrected chi connectivity index (χ1v) is 11.0. The molecule has 7 heteroatoms. The fourth-order valence-electron chi connectivity index (χ4n) is 5.27. The minimum absolute atomic E-state index is 0.109. The van der Waals surface area contributed by atoms with Gasteiger partial charge in [0.05, 0.1) is 18.0 Å². The summed E-state index contributed by atoms with van der Waals surface area (Å²) in [6.45, 7) is 4.31. The zero-order valence-electron chi connectivity index (χ0n) is 18.1. The van der Waals surface area contributed by atoms with Crippen molar-refractivity contribution in [1.29, 1.82) is 0 Å². The Morgan fingerprint density at radius 3 is 2.90 bits per heavy atom. The van der Waals surface area contributed by atoms with E-state index >= 15 is 0 Å². The maximum Gasteiger partial charge on any atom is 0.314 e. The maximum atomic E-state index is 6.21. The Morgan fingerprint density at radius 1 is 1.23 bits per heavy atom. The van der Waals surface area contributed by atoms with Crippen LogP contribution < -0.4 is 0 Å². The van der Waals surface area contributed by atoms with Crippen LogP contribution in [0.4, 0.5) is 0 Å². The molecule has 31 heavy (non-hydrogen) atoms. The Kier molecular flexibility index (Phi) is 5.02.